The van der Waals surface area contributed by atoms with Crippen molar-refractivity contribution >= 4 is 17.3 Å². The second kappa shape index (κ2) is 5.12. The zero-order valence-corrected chi connectivity index (χ0v) is 12.1. The minimum atomic E-state index is -0.202. The predicted molar refractivity (Wildman–Crippen MR) is 80.7 cm³/mol. The summed E-state index contributed by atoms with van der Waals surface area (Å²) in [5, 5.41) is 6.97. The molecule has 0 spiro atoms. The zero-order valence-electron chi connectivity index (χ0n) is 12.1. The molecule has 1 aliphatic rings. The fourth-order valence-corrected chi connectivity index (χ4v) is 2.48. The lowest BCUT2D eigenvalue weighted by Crippen LogP contribution is -2.38. The SMILES string of the molecule is CC(C)c1[nH]nc(C(=O)N2CCOc3ccccc32)c1N. The molecule has 0 bridgehead atoms. The summed E-state index contributed by atoms with van der Waals surface area (Å²) >= 11 is 0. The van der Waals surface area contributed by atoms with Gasteiger partial charge in [0.2, 0.25) is 0 Å². The maximum Gasteiger partial charge on any atom is 0.281 e. The number of hydrogen-bond acceptors (Lipinski definition) is 4. The Labute approximate surface area is 122 Å². The lowest BCUT2D eigenvalue weighted by molar-refractivity contribution is 0.0972. The third-order valence-electron chi connectivity index (χ3n) is 3.59. The van der Waals surface area contributed by atoms with Crippen LogP contribution in [-0.2, 0) is 0 Å². The quantitative estimate of drug-likeness (QED) is 0.886. The number of nitrogen functional groups attached to an aromatic ring is 1. The summed E-state index contributed by atoms with van der Waals surface area (Å²) in [5.74, 6) is 0.692. The highest BCUT2D eigenvalue weighted by Gasteiger charge is 2.28. The van der Waals surface area contributed by atoms with Gasteiger partial charge in [0.15, 0.2) is 5.69 Å². The summed E-state index contributed by atoms with van der Waals surface area (Å²) in [6.45, 7) is 4.95. The van der Waals surface area contributed by atoms with Crippen LogP contribution in [0.25, 0.3) is 0 Å². The number of aromatic amines is 1. The Morgan fingerprint density at radius 3 is 2.90 bits per heavy atom. The van der Waals surface area contributed by atoms with Gasteiger partial charge in [-0.25, -0.2) is 0 Å². The second-order valence-corrected chi connectivity index (χ2v) is 5.33. The Morgan fingerprint density at radius 2 is 2.19 bits per heavy atom. The minimum absolute atomic E-state index is 0.191. The second-order valence-electron chi connectivity index (χ2n) is 5.33. The van der Waals surface area contributed by atoms with Crippen LogP contribution in [0.4, 0.5) is 11.4 Å². The number of nitrogens with one attached hydrogen (secondary N) is 1. The molecule has 1 aromatic carbocycles. The summed E-state index contributed by atoms with van der Waals surface area (Å²) in [5.41, 5.74) is 8.31. The number of rotatable bonds is 2. The van der Waals surface area contributed by atoms with Gasteiger partial charge in [-0.15, -0.1) is 0 Å². The molecular formula is C15H18N4O2. The first-order valence-electron chi connectivity index (χ1n) is 6.97. The molecule has 2 aromatic rings. The number of nitrogens with zero attached hydrogens (tertiary/aromatic N) is 2. The number of carbonyl (C=O) groups excluding carboxylic acids is 1. The van der Waals surface area contributed by atoms with Crippen LogP contribution in [0.5, 0.6) is 5.75 Å². The van der Waals surface area contributed by atoms with E-state index in [1.807, 2.05) is 38.1 Å². The Morgan fingerprint density at radius 1 is 1.43 bits per heavy atom. The molecule has 110 valence electrons. The van der Waals surface area contributed by atoms with Gasteiger partial charge < -0.3 is 10.5 Å². The molecular weight excluding hydrogens is 268 g/mol. The van der Waals surface area contributed by atoms with Crippen molar-refractivity contribution in [3.05, 3.63) is 35.7 Å². The number of para-hydroxylation sites is 2. The molecule has 3 N–H and O–H groups in total. The van der Waals surface area contributed by atoms with Gasteiger partial charge >= 0.3 is 0 Å². The number of carbonyl (C=O) groups is 1. The number of anilines is 2. The average Bonchev–Trinajstić information content (AvgIpc) is 2.88. The maximum absolute atomic E-state index is 12.7. The average molecular weight is 286 g/mol. The predicted octanol–water partition coefficient (Wildman–Crippen LogP) is 2.15. The molecule has 6 heteroatoms. The lowest BCUT2D eigenvalue weighted by Gasteiger charge is -2.29. The highest BCUT2D eigenvalue weighted by Crippen LogP contribution is 2.33. The van der Waals surface area contributed by atoms with Crippen LogP contribution in [0.15, 0.2) is 24.3 Å². The van der Waals surface area contributed by atoms with E-state index in [2.05, 4.69) is 10.2 Å². The molecule has 1 amide bonds. The van der Waals surface area contributed by atoms with Gasteiger partial charge in [-0.1, -0.05) is 26.0 Å². The van der Waals surface area contributed by atoms with Gasteiger partial charge in [-0.3, -0.25) is 14.8 Å². The summed E-state index contributed by atoms with van der Waals surface area (Å²) < 4.78 is 5.56. The van der Waals surface area contributed by atoms with Crippen LogP contribution in [0.2, 0.25) is 0 Å². The topological polar surface area (TPSA) is 84.2 Å². The Kier molecular flexibility index (Phi) is 3.29. The van der Waals surface area contributed by atoms with Crippen molar-refractivity contribution in [2.24, 2.45) is 0 Å². The van der Waals surface area contributed by atoms with Crippen molar-refractivity contribution in [1.29, 1.82) is 0 Å². The van der Waals surface area contributed by atoms with E-state index in [0.29, 0.717) is 24.6 Å². The van der Waals surface area contributed by atoms with E-state index in [-0.39, 0.29) is 17.5 Å². The summed E-state index contributed by atoms with van der Waals surface area (Å²) in [6, 6.07) is 7.47. The van der Waals surface area contributed by atoms with Gasteiger partial charge in [-0.2, -0.15) is 5.10 Å². The third-order valence-corrected chi connectivity index (χ3v) is 3.59. The first kappa shape index (κ1) is 13.5. The van der Waals surface area contributed by atoms with E-state index >= 15 is 0 Å². The number of amides is 1. The molecule has 6 nitrogen and oxygen atoms in total. The van der Waals surface area contributed by atoms with E-state index in [1.54, 1.807) is 4.90 Å². The van der Waals surface area contributed by atoms with Gasteiger partial charge in [0, 0.05) is 0 Å². The Bertz CT molecular complexity index is 678. The van der Waals surface area contributed by atoms with Gasteiger partial charge in [0.25, 0.3) is 5.91 Å². The van der Waals surface area contributed by atoms with Gasteiger partial charge in [-0.05, 0) is 18.1 Å². The van der Waals surface area contributed by atoms with Crippen LogP contribution < -0.4 is 15.4 Å². The molecule has 0 aliphatic carbocycles. The standard InChI is InChI=1S/C15H18N4O2/c1-9(2)13-12(16)14(18-17-13)15(20)19-7-8-21-11-6-4-3-5-10(11)19/h3-6,9H,7-8,16H2,1-2H3,(H,17,18). The monoisotopic (exact) mass is 286 g/mol. The summed E-state index contributed by atoms with van der Waals surface area (Å²) in [7, 11) is 0. The molecule has 3 rings (SSSR count). The van der Waals surface area contributed by atoms with E-state index in [1.165, 1.54) is 0 Å². The van der Waals surface area contributed by atoms with Crippen molar-refractivity contribution in [1.82, 2.24) is 10.2 Å². The number of benzene rings is 1. The molecule has 0 saturated carbocycles. The molecule has 0 fully saturated rings. The Balaban J connectivity index is 1.97. The number of aromatic nitrogens is 2. The van der Waals surface area contributed by atoms with Crippen LogP contribution in [0, 0.1) is 0 Å². The number of H-pyrrole nitrogens is 1. The van der Waals surface area contributed by atoms with Gasteiger partial charge in [0.05, 0.1) is 23.6 Å². The van der Waals surface area contributed by atoms with Crippen molar-refractivity contribution < 1.29 is 9.53 Å². The highest BCUT2D eigenvalue weighted by atomic mass is 16.5. The van der Waals surface area contributed by atoms with Gasteiger partial charge in [0.1, 0.15) is 12.4 Å². The first-order valence-corrected chi connectivity index (χ1v) is 6.97. The number of hydrogen-bond donors (Lipinski definition) is 2. The molecule has 0 saturated heterocycles. The normalized spacial score (nSPS) is 14.0. The minimum Gasteiger partial charge on any atom is -0.490 e. The smallest absolute Gasteiger partial charge is 0.281 e. The van der Waals surface area contributed by atoms with Crippen molar-refractivity contribution in [3.8, 4) is 5.75 Å². The van der Waals surface area contributed by atoms with Crippen LogP contribution in [-0.4, -0.2) is 29.3 Å². The maximum atomic E-state index is 12.7. The van der Waals surface area contributed by atoms with E-state index < -0.39 is 0 Å². The molecule has 1 aromatic heterocycles. The number of fused-ring (bicyclic) bond motifs is 1. The van der Waals surface area contributed by atoms with Crippen molar-refractivity contribution in [3.63, 3.8) is 0 Å². The zero-order chi connectivity index (χ0) is 15.0. The van der Waals surface area contributed by atoms with Crippen LogP contribution >= 0.6 is 0 Å². The highest BCUT2D eigenvalue weighted by molar-refractivity contribution is 6.09. The Hall–Kier alpha value is -2.50. The van der Waals surface area contributed by atoms with E-state index in [4.69, 9.17) is 10.5 Å². The van der Waals surface area contributed by atoms with Crippen LogP contribution in [0.3, 0.4) is 0 Å². The van der Waals surface area contributed by atoms with Crippen LogP contribution in [0.1, 0.15) is 35.9 Å². The number of ether oxygens (including phenoxy) is 1. The summed E-state index contributed by atoms with van der Waals surface area (Å²) in [6.07, 6.45) is 0. The third kappa shape index (κ3) is 2.22. The largest absolute Gasteiger partial charge is 0.490 e. The van der Waals surface area contributed by atoms with E-state index in [0.717, 1.165) is 11.4 Å². The molecule has 0 radical (unpaired) electrons. The first-order chi connectivity index (χ1) is 10.1. The molecule has 0 atom stereocenters. The van der Waals surface area contributed by atoms with Crippen molar-refractivity contribution in [2.45, 2.75) is 19.8 Å². The fraction of sp³-hybridized carbons (Fsp3) is 0.333. The molecule has 0 unspecified atom stereocenters. The van der Waals surface area contributed by atoms with E-state index in [9.17, 15) is 4.79 Å². The molecule has 21 heavy (non-hydrogen) atoms. The molecule has 1 aliphatic heterocycles. The fourth-order valence-electron chi connectivity index (χ4n) is 2.48. The summed E-state index contributed by atoms with van der Waals surface area (Å²) in [4.78, 5) is 14.4. The van der Waals surface area contributed by atoms with Crippen molar-refractivity contribution in [2.75, 3.05) is 23.8 Å². The lowest BCUT2D eigenvalue weighted by atomic mass is 10.1. The number of nitrogens with two attached hydrogens (primary N) is 1. The molecule has 2 heterocycles.